The van der Waals surface area contributed by atoms with Crippen LogP contribution in [0.3, 0.4) is 0 Å². The van der Waals surface area contributed by atoms with Gasteiger partial charge in [-0.25, -0.2) is 14.3 Å². The van der Waals surface area contributed by atoms with Gasteiger partial charge in [-0.05, 0) is 18.6 Å². The van der Waals surface area contributed by atoms with Gasteiger partial charge in [-0.2, -0.15) is 0 Å². The summed E-state index contributed by atoms with van der Waals surface area (Å²) in [5.41, 5.74) is 2.76. The summed E-state index contributed by atoms with van der Waals surface area (Å²) in [5.74, 6) is 5.15. The van der Waals surface area contributed by atoms with Crippen molar-refractivity contribution in [3.05, 3.63) is 40.2 Å². The number of aromatic nitrogens is 1. The highest BCUT2D eigenvalue weighted by atomic mass is 32.2. The Morgan fingerprint density at radius 3 is 2.62 bits per heavy atom. The third-order valence-corrected chi connectivity index (χ3v) is 5.32. The zero-order valence-electron chi connectivity index (χ0n) is 10.7. The maximum absolute atomic E-state index is 12.2. The molecule has 0 aliphatic carbocycles. The van der Waals surface area contributed by atoms with Gasteiger partial charge in [-0.3, -0.25) is 19.8 Å². The standard InChI is InChI=1S/C10H11N5O4S2/c1-6-2-7(5-12-4-6)14-21(18,19)9-3-8(15(16)17)10(13-11)20-9/h2-5,13-14H,11H2,1H3. The largest absolute Gasteiger partial charge is 0.310 e. The molecule has 0 unspecified atom stereocenters. The number of nitrogen functional groups attached to an aromatic ring is 1. The zero-order valence-corrected chi connectivity index (χ0v) is 12.4. The van der Waals surface area contributed by atoms with Crippen molar-refractivity contribution >= 4 is 37.7 Å². The van der Waals surface area contributed by atoms with E-state index in [0.717, 1.165) is 11.6 Å². The van der Waals surface area contributed by atoms with E-state index in [0.29, 0.717) is 11.3 Å². The Morgan fingerprint density at radius 1 is 1.38 bits per heavy atom. The molecule has 0 bridgehead atoms. The molecule has 0 saturated heterocycles. The summed E-state index contributed by atoms with van der Waals surface area (Å²) >= 11 is 0.670. The molecule has 0 saturated carbocycles. The first-order chi connectivity index (χ1) is 9.83. The molecule has 4 N–H and O–H groups in total. The van der Waals surface area contributed by atoms with Crippen LogP contribution >= 0.6 is 11.3 Å². The van der Waals surface area contributed by atoms with Crippen molar-refractivity contribution < 1.29 is 13.3 Å². The molecule has 0 aliphatic rings. The molecule has 0 aliphatic heterocycles. The van der Waals surface area contributed by atoms with E-state index >= 15 is 0 Å². The number of aryl methyl sites for hydroxylation is 1. The molecule has 2 aromatic rings. The van der Waals surface area contributed by atoms with Crippen molar-refractivity contribution in [2.24, 2.45) is 5.84 Å². The van der Waals surface area contributed by atoms with Crippen LogP contribution in [-0.2, 0) is 10.0 Å². The van der Waals surface area contributed by atoms with Crippen molar-refractivity contribution in [1.29, 1.82) is 0 Å². The highest BCUT2D eigenvalue weighted by Gasteiger charge is 2.26. The lowest BCUT2D eigenvalue weighted by Gasteiger charge is -2.05. The predicted octanol–water partition coefficient (Wildman–Crippen LogP) is 1.45. The second-order valence-electron chi connectivity index (χ2n) is 4.04. The topological polar surface area (TPSA) is 140 Å². The molecule has 0 atom stereocenters. The molecule has 21 heavy (non-hydrogen) atoms. The van der Waals surface area contributed by atoms with Crippen LogP contribution in [0.5, 0.6) is 0 Å². The second kappa shape index (κ2) is 5.63. The monoisotopic (exact) mass is 329 g/mol. The fourth-order valence-corrected chi connectivity index (χ4v) is 3.82. The molecular weight excluding hydrogens is 318 g/mol. The minimum absolute atomic E-state index is 0.0391. The lowest BCUT2D eigenvalue weighted by Crippen LogP contribution is -2.11. The molecule has 0 amide bonds. The highest BCUT2D eigenvalue weighted by Crippen LogP contribution is 2.36. The van der Waals surface area contributed by atoms with Gasteiger partial charge in [0.1, 0.15) is 4.21 Å². The summed E-state index contributed by atoms with van der Waals surface area (Å²) < 4.78 is 26.5. The van der Waals surface area contributed by atoms with E-state index in [1.807, 2.05) is 0 Å². The van der Waals surface area contributed by atoms with Crippen LogP contribution in [0, 0.1) is 17.0 Å². The van der Waals surface area contributed by atoms with Crippen LogP contribution in [-0.4, -0.2) is 18.3 Å². The lowest BCUT2D eigenvalue weighted by molar-refractivity contribution is -0.383. The normalized spacial score (nSPS) is 11.1. The smallest absolute Gasteiger partial charge is 0.306 e. The first-order valence-corrected chi connectivity index (χ1v) is 7.83. The number of thiophene rings is 1. The number of hydrogen-bond donors (Lipinski definition) is 3. The van der Waals surface area contributed by atoms with E-state index in [4.69, 9.17) is 5.84 Å². The van der Waals surface area contributed by atoms with Gasteiger partial charge >= 0.3 is 5.69 Å². The molecule has 0 fully saturated rings. The van der Waals surface area contributed by atoms with Crippen LogP contribution in [0.2, 0.25) is 0 Å². The first-order valence-electron chi connectivity index (χ1n) is 5.53. The summed E-state index contributed by atoms with van der Waals surface area (Å²) in [5, 5.41) is 10.8. The molecule has 2 aromatic heterocycles. The minimum Gasteiger partial charge on any atom is -0.310 e. The Balaban J connectivity index is 2.38. The van der Waals surface area contributed by atoms with E-state index in [-0.39, 0.29) is 14.9 Å². The number of hydrogen-bond acceptors (Lipinski definition) is 8. The van der Waals surface area contributed by atoms with Crippen molar-refractivity contribution in [1.82, 2.24) is 4.98 Å². The molecule has 0 radical (unpaired) electrons. The van der Waals surface area contributed by atoms with Crippen LogP contribution in [0.25, 0.3) is 0 Å². The summed E-state index contributed by atoms with van der Waals surface area (Å²) in [7, 11) is -3.95. The van der Waals surface area contributed by atoms with Crippen molar-refractivity contribution in [3.8, 4) is 0 Å². The van der Waals surface area contributed by atoms with Crippen LogP contribution < -0.4 is 16.0 Å². The number of nitrogens with one attached hydrogen (secondary N) is 2. The van der Waals surface area contributed by atoms with Crippen molar-refractivity contribution in [3.63, 3.8) is 0 Å². The number of nitrogens with two attached hydrogens (primary N) is 1. The zero-order chi connectivity index (χ0) is 15.6. The maximum atomic E-state index is 12.2. The fourth-order valence-electron chi connectivity index (χ4n) is 1.55. The molecule has 2 heterocycles. The Labute approximate surface area is 124 Å². The number of nitro groups is 1. The summed E-state index contributed by atoms with van der Waals surface area (Å²) in [6, 6.07) is 2.54. The quantitative estimate of drug-likeness (QED) is 0.428. The minimum atomic E-state index is -3.95. The van der Waals surface area contributed by atoms with Crippen molar-refractivity contribution in [2.45, 2.75) is 11.1 Å². The van der Waals surface area contributed by atoms with Crippen LogP contribution in [0.4, 0.5) is 16.4 Å². The SMILES string of the molecule is Cc1cncc(NS(=O)(=O)c2cc([N+](=O)[O-])c(NN)s2)c1. The number of anilines is 2. The molecule has 112 valence electrons. The third kappa shape index (κ3) is 3.26. The summed E-state index contributed by atoms with van der Waals surface area (Å²) in [4.78, 5) is 14.0. The van der Waals surface area contributed by atoms with Gasteiger partial charge in [-0.1, -0.05) is 11.3 Å². The number of sulfonamides is 1. The van der Waals surface area contributed by atoms with E-state index in [1.165, 1.54) is 6.20 Å². The van der Waals surface area contributed by atoms with Gasteiger partial charge in [0.2, 0.25) is 0 Å². The molecule has 9 nitrogen and oxygen atoms in total. The number of rotatable bonds is 5. The van der Waals surface area contributed by atoms with Gasteiger partial charge in [0.25, 0.3) is 10.0 Å². The molecule has 11 heteroatoms. The van der Waals surface area contributed by atoms with E-state index in [1.54, 1.807) is 19.2 Å². The van der Waals surface area contributed by atoms with Crippen molar-refractivity contribution in [2.75, 3.05) is 10.1 Å². The number of hydrazine groups is 1. The Kier molecular flexibility index (Phi) is 4.06. The van der Waals surface area contributed by atoms with E-state index < -0.39 is 20.6 Å². The Hall–Kier alpha value is -2.24. The van der Waals surface area contributed by atoms with Gasteiger partial charge in [-0.15, -0.1) is 0 Å². The second-order valence-corrected chi connectivity index (χ2v) is 7.00. The van der Waals surface area contributed by atoms with Gasteiger partial charge in [0, 0.05) is 12.3 Å². The maximum Gasteiger partial charge on any atom is 0.306 e. The molecular formula is C10H11N5O4S2. The molecule has 0 aromatic carbocycles. The highest BCUT2D eigenvalue weighted by molar-refractivity contribution is 7.94. The summed E-state index contributed by atoms with van der Waals surface area (Å²) in [6.45, 7) is 1.76. The van der Waals surface area contributed by atoms with Gasteiger partial charge < -0.3 is 5.43 Å². The van der Waals surface area contributed by atoms with E-state index in [9.17, 15) is 18.5 Å². The average Bonchev–Trinajstić information content (AvgIpc) is 2.83. The number of nitrogens with zero attached hydrogens (tertiary/aromatic N) is 2. The fraction of sp³-hybridized carbons (Fsp3) is 0.100. The number of pyridine rings is 1. The first kappa shape index (κ1) is 15.2. The van der Waals surface area contributed by atoms with Crippen LogP contribution in [0.1, 0.15) is 5.56 Å². The Bertz CT molecular complexity index is 786. The molecule has 0 spiro atoms. The Morgan fingerprint density at radius 2 is 2.10 bits per heavy atom. The van der Waals surface area contributed by atoms with Gasteiger partial charge in [0.15, 0.2) is 5.00 Å². The average molecular weight is 329 g/mol. The molecule has 2 rings (SSSR count). The van der Waals surface area contributed by atoms with E-state index in [2.05, 4.69) is 15.1 Å². The summed E-state index contributed by atoms with van der Waals surface area (Å²) in [6.07, 6.45) is 2.92. The van der Waals surface area contributed by atoms with Gasteiger partial charge in [0.05, 0.1) is 16.8 Å². The third-order valence-electron chi connectivity index (χ3n) is 2.41. The lowest BCUT2D eigenvalue weighted by atomic mass is 10.3. The predicted molar refractivity (Wildman–Crippen MR) is 78.6 cm³/mol. The van der Waals surface area contributed by atoms with Crippen LogP contribution in [0.15, 0.2) is 28.7 Å².